The van der Waals surface area contributed by atoms with Gasteiger partial charge in [-0.1, -0.05) is 32.3 Å². The Hall–Kier alpha value is -0.980. The molecule has 4 nitrogen and oxygen atoms in total. The maximum atomic E-state index is 13.5. The maximum absolute atomic E-state index is 13.5. The van der Waals surface area contributed by atoms with Crippen molar-refractivity contribution in [1.29, 1.82) is 0 Å². The predicted octanol–water partition coefficient (Wildman–Crippen LogP) is 2.66. The van der Waals surface area contributed by atoms with Crippen LogP contribution in [0.2, 0.25) is 0 Å². The summed E-state index contributed by atoms with van der Waals surface area (Å²) in [6.07, 6.45) is 4.86. The highest BCUT2D eigenvalue weighted by Gasteiger charge is 2.32. The van der Waals surface area contributed by atoms with Crippen LogP contribution in [-0.4, -0.2) is 30.4 Å². The third-order valence-electron chi connectivity index (χ3n) is 4.08. The van der Waals surface area contributed by atoms with Crippen molar-refractivity contribution in [2.75, 3.05) is 6.54 Å². The molecule has 0 unspecified atom stereocenters. The molecule has 118 valence electrons. The van der Waals surface area contributed by atoms with Gasteiger partial charge >= 0.3 is 0 Å². The normalized spacial score (nSPS) is 17.3. The van der Waals surface area contributed by atoms with Crippen molar-refractivity contribution in [2.24, 2.45) is 0 Å². The fraction of sp³-hybridized carbons (Fsp3) is 0.600. The molecule has 1 N–H and O–H groups in total. The zero-order valence-electron chi connectivity index (χ0n) is 12.3. The second kappa shape index (κ2) is 6.85. The van der Waals surface area contributed by atoms with Gasteiger partial charge in [0.1, 0.15) is 5.82 Å². The first-order valence-corrected chi connectivity index (χ1v) is 8.85. The van der Waals surface area contributed by atoms with Crippen LogP contribution in [-0.2, 0) is 16.6 Å². The fourth-order valence-electron chi connectivity index (χ4n) is 3.02. The van der Waals surface area contributed by atoms with Crippen LogP contribution in [0.25, 0.3) is 0 Å². The first-order chi connectivity index (χ1) is 10.0. The van der Waals surface area contributed by atoms with E-state index in [0.717, 1.165) is 38.2 Å². The van der Waals surface area contributed by atoms with E-state index in [-0.39, 0.29) is 16.5 Å². The molecule has 0 saturated heterocycles. The van der Waals surface area contributed by atoms with Gasteiger partial charge in [0, 0.05) is 12.6 Å². The summed E-state index contributed by atoms with van der Waals surface area (Å²) in [5.41, 5.74) is 0.241. The van der Waals surface area contributed by atoms with Crippen LogP contribution in [0.15, 0.2) is 23.1 Å². The van der Waals surface area contributed by atoms with Crippen LogP contribution in [0.5, 0.6) is 0 Å². The lowest BCUT2D eigenvalue weighted by atomic mass is 9.95. The fourth-order valence-corrected chi connectivity index (χ4v) is 4.94. The molecule has 0 amide bonds. The summed E-state index contributed by atoms with van der Waals surface area (Å²) < 4.78 is 40.6. The molecule has 0 spiro atoms. The van der Waals surface area contributed by atoms with Gasteiger partial charge in [-0.05, 0) is 30.5 Å². The summed E-state index contributed by atoms with van der Waals surface area (Å²) in [7, 11) is -3.78. The summed E-state index contributed by atoms with van der Waals surface area (Å²) in [6.45, 7) is 1.73. The first-order valence-electron chi connectivity index (χ1n) is 7.41. The maximum Gasteiger partial charge on any atom is 0.243 e. The molecule has 1 aromatic carbocycles. The summed E-state index contributed by atoms with van der Waals surface area (Å²) in [6, 6.07) is 3.48. The number of benzene rings is 1. The Labute approximate surface area is 125 Å². The zero-order chi connectivity index (χ0) is 15.5. The van der Waals surface area contributed by atoms with Gasteiger partial charge in [-0.3, -0.25) is 0 Å². The van der Waals surface area contributed by atoms with Crippen molar-refractivity contribution in [1.82, 2.24) is 4.31 Å². The Balaban J connectivity index is 2.41. The average Bonchev–Trinajstić information content (AvgIpc) is 2.49. The molecule has 0 radical (unpaired) electrons. The van der Waals surface area contributed by atoms with Gasteiger partial charge in [0.05, 0.1) is 11.5 Å². The molecular weight excluding hydrogens is 293 g/mol. The van der Waals surface area contributed by atoms with Gasteiger partial charge in [-0.25, -0.2) is 12.8 Å². The molecule has 0 heterocycles. The van der Waals surface area contributed by atoms with Crippen LogP contribution in [0.1, 0.15) is 44.6 Å². The van der Waals surface area contributed by atoms with E-state index in [9.17, 15) is 17.9 Å². The Morgan fingerprint density at radius 2 is 1.95 bits per heavy atom. The molecule has 1 aromatic rings. The molecule has 6 heteroatoms. The molecule has 0 atom stereocenters. The molecule has 1 fully saturated rings. The Bertz CT molecular complexity index is 583. The van der Waals surface area contributed by atoms with Crippen LogP contribution in [0.3, 0.4) is 0 Å². The van der Waals surface area contributed by atoms with Crippen LogP contribution >= 0.6 is 0 Å². The third kappa shape index (κ3) is 3.44. The van der Waals surface area contributed by atoms with Gasteiger partial charge in [-0.2, -0.15) is 4.31 Å². The smallest absolute Gasteiger partial charge is 0.243 e. The highest BCUT2D eigenvalue weighted by molar-refractivity contribution is 7.89. The molecule has 1 saturated carbocycles. The summed E-state index contributed by atoms with van der Waals surface area (Å²) in [4.78, 5) is -0.113. The number of aliphatic hydroxyl groups excluding tert-OH is 1. The minimum absolute atomic E-state index is 0.0245. The second-order valence-corrected chi connectivity index (χ2v) is 7.27. The Morgan fingerprint density at radius 1 is 1.29 bits per heavy atom. The highest BCUT2D eigenvalue weighted by Crippen LogP contribution is 2.29. The molecule has 1 aliphatic carbocycles. The lowest BCUT2D eigenvalue weighted by Crippen LogP contribution is -2.41. The summed E-state index contributed by atoms with van der Waals surface area (Å²) >= 11 is 0. The molecule has 0 bridgehead atoms. The van der Waals surface area contributed by atoms with Gasteiger partial charge in [-0.15, -0.1) is 0 Å². The van der Waals surface area contributed by atoms with E-state index in [1.165, 1.54) is 16.4 Å². The van der Waals surface area contributed by atoms with Crippen molar-refractivity contribution >= 4 is 10.0 Å². The molecule has 21 heavy (non-hydrogen) atoms. The number of hydrogen-bond acceptors (Lipinski definition) is 3. The quantitative estimate of drug-likeness (QED) is 0.909. The largest absolute Gasteiger partial charge is 0.392 e. The molecular formula is C15H22FNO3S. The van der Waals surface area contributed by atoms with E-state index in [1.54, 1.807) is 6.92 Å². The number of nitrogens with zero attached hydrogens (tertiary/aromatic N) is 1. The van der Waals surface area contributed by atoms with Crippen molar-refractivity contribution in [3.8, 4) is 0 Å². The van der Waals surface area contributed by atoms with Crippen LogP contribution < -0.4 is 0 Å². The molecule has 0 aromatic heterocycles. The number of hydrogen-bond donors (Lipinski definition) is 1. The van der Waals surface area contributed by atoms with E-state index < -0.39 is 22.4 Å². The minimum Gasteiger partial charge on any atom is -0.392 e. The Kier molecular flexibility index (Phi) is 5.35. The molecule has 2 rings (SSSR count). The average molecular weight is 315 g/mol. The standard InChI is InChI=1S/C15H22FNO3S/c1-2-17(14-6-4-3-5-7-14)21(19,20)15-10-13(16)9-8-12(15)11-18/h8-10,14,18H,2-7,11H2,1H3. The third-order valence-corrected chi connectivity index (χ3v) is 6.19. The van der Waals surface area contributed by atoms with Gasteiger partial charge in [0.15, 0.2) is 0 Å². The number of halogens is 1. The SMILES string of the molecule is CCN(C1CCCCC1)S(=O)(=O)c1cc(F)ccc1CO. The summed E-state index contributed by atoms with van der Waals surface area (Å²) in [5, 5.41) is 9.33. The summed E-state index contributed by atoms with van der Waals surface area (Å²) in [5.74, 6) is -0.606. The first kappa shape index (κ1) is 16.4. The van der Waals surface area contributed by atoms with E-state index in [4.69, 9.17) is 0 Å². The lowest BCUT2D eigenvalue weighted by molar-refractivity contribution is 0.258. The van der Waals surface area contributed by atoms with E-state index >= 15 is 0 Å². The molecule has 1 aliphatic rings. The topological polar surface area (TPSA) is 57.6 Å². The number of sulfonamides is 1. The van der Waals surface area contributed by atoms with Crippen LogP contribution in [0, 0.1) is 5.82 Å². The van der Waals surface area contributed by atoms with Crippen LogP contribution in [0.4, 0.5) is 4.39 Å². The van der Waals surface area contributed by atoms with E-state index in [2.05, 4.69) is 0 Å². The highest BCUT2D eigenvalue weighted by atomic mass is 32.2. The van der Waals surface area contributed by atoms with Gasteiger partial charge in [0.2, 0.25) is 10.0 Å². The number of aliphatic hydroxyl groups is 1. The lowest BCUT2D eigenvalue weighted by Gasteiger charge is -2.33. The van der Waals surface area contributed by atoms with Crippen molar-refractivity contribution < 1.29 is 17.9 Å². The minimum atomic E-state index is -3.78. The zero-order valence-corrected chi connectivity index (χ0v) is 13.1. The van der Waals surface area contributed by atoms with Crippen molar-refractivity contribution in [3.63, 3.8) is 0 Å². The van der Waals surface area contributed by atoms with E-state index in [0.29, 0.717) is 6.54 Å². The van der Waals surface area contributed by atoms with Gasteiger partial charge < -0.3 is 5.11 Å². The predicted molar refractivity (Wildman–Crippen MR) is 78.8 cm³/mol. The molecule has 0 aliphatic heterocycles. The van der Waals surface area contributed by atoms with Gasteiger partial charge in [0.25, 0.3) is 0 Å². The van der Waals surface area contributed by atoms with Crippen molar-refractivity contribution in [2.45, 2.75) is 56.6 Å². The van der Waals surface area contributed by atoms with Crippen molar-refractivity contribution in [3.05, 3.63) is 29.6 Å². The van der Waals surface area contributed by atoms with E-state index in [1.807, 2.05) is 0 Å². The Morgan fingerprint density at radius 3 is 2.52 bits per heavy atom. The number of rotatable bonds is 5. The second-order valence-electron chi connectivity index (χ2n) is 5.41. The monoisotopic (exact) mass is 315 g/mol.